The Morgan fingerprint density at radius 3 is 1.27 bits per heavy atom. The Bertz CT molecular complexity index is 864. The van der Waals surface area contributed by atoms with Gasteiger partial charge in [0.1, 0.15) is 0 Å². The first kappa shape index (κ1) is 17.2. The Kier molecular flexibility index (Phi) is 5.58. The molecule has 2 heterocycles. The maximum Gasteiger partial charge on any atom is 0.185 e. The number of ketones is 2. The number of aromatic nitrogens is 2. The fraction of sp³-hybridized carbons (Fsp3) is 0. The molecule has 0 aliphatic heterocycles. The first-order valence-corrected chi connectivity index (χ1v) is 8.07. The molecular weight excluding hydrogens is 324 g/mol. The second-order valence-corrected chi connectivity index (χ2v) is 5.53. The summed E-state index contributed by atoms with van der Waals surface area (Å²) in [6.07, 6.45) is 13.0. The summed E-state index contributed by atoms with van der Waals surface area (Å²) in [5.74, 6) is -0.140. The van der Waals surface area contributed by atoms with Crippen LogP contribution in [0.25, 0.3) is 12.2 Å². The summed E-state index contributed by atoms with van der Waals surface area (Å²) in [5.41, 5.74) is 3.02. The zero-order chi connectivity index (χ0) is 18.2. The minimum absolute atomic E-state index is 0.0701. The first-order chi connectivity index (χ1) is 12.7. The minimum atomic E-state index is -0.0701. The predicted molar refractivity (Wildman–Crippen MR) is 102 cm³/mol. The van der Waals surface area contributed by atoms with Crippen molar-refractivity contribution in [1.82, 2.24) is 9.97 Å². The largest absolute Gasteiger partial charge is 0.289 e. The Balaban J connectivity index is 1.63. The average molecular weight is 340 g/mol. The summed E-state index contributed by atoms with van der Waals surface area (Å²) in [6, 6.07) is 14.3. The molecule has 2 aromatic heterocycles. The minimum Gasteiger partial charge on any atom is -0.289 e. The highest BCUT2D eigenvalue weighted by molar-refractivity contribution is 6.07. The van der Waals surface area contributed by atoms with Crippen LogP contribution >= 0.6 is 0 Å². The van der Waals surface area contributed by atoms with Crippen molar-refractivity contribution in [2.75, 3.05) is 0 Å². The van der Waals surface area contributed by atoms with Crippen LogP contribution in [0.3, 0.4) is 0 Å². The van der Waals surface area contributed by atoms with Crippen molar-refractivity contribution in [2.45, 2.75) is 0 Å². The van der Waals surface area contributed by atoms with Crippen molar-refractivity contribution >= 4 is 23.7 Å². The molecule has 0 radical (unpaired) electrons. The molecule has 0 aliphatic rings. The van der Waals surface area contributed by atoms with Crippen LogP contribution in [0, 0.1) is 0 Å². The summed E-state index contributed by atoms with van der Waals surface area (Å²) in [6.45, 7) is 0. The average Bonchev–Trinajstić information content (AvgIpc) is 2.72. The van der Waals surface area contributed by atoms with Crippen LogP contribution in [0.5, 0.6) is 0 Å². The number of hydrogen-bond acceptors (Lipinski definition) is 4. The summed E-state index contributed by atoms with van der Waals surface area (Å²) in [4.78, 5) is 31.8. The molecule has 3 rings (SSSR count). The molecule has 4 heteroatoms. The maximum absolute atomic E-state index is 12.0. The van der Waals surface area contributed by atoms with Gasteiger partial charge in [-0.25, -0.2) is 0 Å². The van der Waals surface area contributed by atoms with Gasteiger partial charge in [-0.15, -0.1) is 0 Å². The summed E-state index contributed by atoms with van der Waals surface area (Å²) in [5, 5.41) is 0. The van der Waals surface area contributed by atoms with Crippen molar-refractivity contribution in [2.24, 2.45) is 0 Å². The van der Waals surface area contributed by atoms with Crippen LogP contribution in [0.1, 0.15) is 31.8 Å². The smallest absolute Gasteiger partial charge is 0.185 e. The normalized spacial score (nSPS) is 11.1. The monoisotopic (exact) mass is 340 g/mol. The van der Waals surface area contributed by atoms with E-state index in [4.69, 9.17) is 0 Å². The molecular formula is C22H16N2O2. The molecule has 26 heavy (non-hydrogen) atoms. The summed E-state index contributed by atoms with van der Waals surface area (Å²) in [7, 11) is 0. The van der Waals surface area contributed by atoms with Crippen molar-refractivity contribution in [1.29, 1.82) is 0 Å². The van der Waals surface area contributed by atoms with E-state index in [9.17, 15) is 9.59 Å². The van der Waals surface area contributed by atoms with Crippen LogP contribution in [0.2, 0.25) is 0 Å². The molecule has 0 spiro atoms. The van der Waals surface area contributed by atoms with E-state index in [1.165, 1.54) is 12.2 Å². The third-order valence-electron chi connectivity index (χ3n) is 3.72. The van der Waals surface area contributed by atoms with Crippen molar-refractivity contribution in [3.63, 3.8) is 0 Å². The van der Waals surface area contributed by atoms with E-state index in [1.54, 1.807) is 61.2 Å². The zero-order valence-electron chi connectivity index (χ0n) is 13.9. The zero-order valence-corrected chi connectivity index (χ0v) is 13.9. The number of benzene rings is 1. The number of hydrogen-bond donors (Lipinski definition) is 0. The third kappa shape index (κ3) is 4.68. The van der Waals surface area contributed by atoms with Gasteiger partial charge in [-0.05, 0) is 47.5 Å². The van der Waals surface area contributed by atoms with E-state index in [2.05, 4.69) is 9.97 Å². The van der Waals surface area contributed by atoms with Crippen molar-refractivity contribution in [3.8, 4) is 0 Å². The highest BCUT2D eigenvalue weighted by Crippen LogP contribution is 2.10. The van der Waals surface area contributed by atoms with Gasteiger partial charge in [-0.3, -0.25) is 19.6 Å². The third-order valence-corrected chi connectivity index (χ3v) is 3.72. The molecule has 0 unspecified atom stereocenters. The lowest BCUT2D eigenvalue weighted by Gasteiger charge is -1.97. The standard InChI is InChI=1S/C22H16N2O2/c25-21(19-9-13-23-14-10-19)7-5-17-1-2-18(4-3-17)6-8-22(26)20-11-15-24-16-12-20/h1-16H/b7-5+,8-6+. The SMILES string of the molecule is O=C(/C=C/c1ccc(/C=C/C(=O)c2ccncc2)cc1)c1ccncc1. The van der Waals surface area contributed by atoms with E-state index in [0.717, 1.165) is 11.1 Å². The van der Waals surface area contributed by atoms with Gasteiger partial charge < -0.3 is 0 Å². The molecule has 4 nitrogen and oxygen atoms in total. The molecule has 3 aromatic rings. The highest BCUT2D eigenvalue weighted by Gasteiger charge is 2.01. The number of carbonyl (C=O) groups excluding carboxylic acids is 2. The molecule has 0 saturated heterocycles. The number of rotatable bonds is 6. The Morgan fingerprint density at radius 1 is 0.577 bits per heavy atom. The van der Waals surface area contributed by atoms with Gasteiger partial charge in [0.05, 0.1) is 0 Å². The molecule has 0 amide bonds. The van der Waals surface area contributed by atoms with Crippen LogP contribution < -0.4 is 0 Å². The highest BCUT2D eigenvalue weighted by atomic mass is 16.1. The number of allylic oxidation sites excluding steroid dienone is 2. The quantitative estimate of drug-likeness (QED) is 0.497. The molecule has 0 N–H and O–H groups in total. The molecule has 126 valence electrons. The topological polar surface area (TPSA) is 59.9 Å². The molecule has 0 fully saturated rings. The van der Waals surface area contributed by atoms with Crippen LogP contribution in [0.15, 0.2) is 85.5 Å². The predicted octanol–water partition coefficient (Wildman–Crippen LogP) is 4.27. The van der Waals surface area contributed by atoms with Gasteiger partial charge in [0, 0.05) is 35.9 Å². The van der Waals surface area contributed by atoms with Crippen LogP contribution in [-0.4, -0.2) is 21.5 Å². The lowest BCUT2D eigenvalue weighted by Crippen LogP contribution is -1.93. The fourth-order valence-electron chi connectivity index (χ4n) is 2.29. The molecule has 1 aromatic carbocycles. The van der Waals surface area contributed by atoms with Crippen molar-refractivity contribution < 1.29 is 9.59 Å². The van der Waals surface area contributed by atoms with Gasteiger partial charge in [0.25, 0.3) is 0 Å². The Labute approximate surface area is 151 Å². The Morgan fingerprint density at radius 2 is 0.923 bits per heavy atom. The van der Waals surface area contributed by atoms with Gasteiger partial charge in [0.15, 0.2) is 11.6 Å². The van der Waals surface area contributed by atoms with Gasteiger partial charge in [-0.1, -0.05) is 36.4 Å². The maximum atomic E-state index is 12.0. The lowest BCUT2D eigenvalue weighted by molar-refractivity contribution is 0.103. The van der Waals surface area contributed by atoms with Gasteiger partial charge >= 0.3 is 0 Å². The number of carbonyl (C=O) groups is 2. The van der Waals surface area contributed by atoms with E-state index >= 15 is 0 Å². The van der Waals surface area contributed by atoms with Crippen LogP contribution in [-0.2, 0) is 0 Å². The van der Waals surface area contributed by atoms with Crippen molar-refractivity contribution in [3.05, 3.63) is 108 Å². The summed E-state index contributed by atoms with van der Waals surface area (Å²) >= 11 is 0. The van der Waals surface area contributed by atoms with Gasteiger partial charge in [0.2, 0.25) is 0 Å². The molecule has 0 saturated carbocycles. The van der Waals surface area contributed by atoms with E-state index in [1.807, 2.05) is 24.3 Å². The van der Waals surface area contributed by atoms with Gasteiger partial charge in [-0.2, -0.15) is 0 Å². The molecule has 0 bridgehead atoms. The molecule has 0 aliphatic carbocycles. The van der Waals surface area contributed by atoms with E-state index < -0.39 is 0 Å². The summed E-state index contributed by atoms with van der Waals surface area (Å²) < 4.78 is 0. The number of nitrogens with zero attached hydrogens (tertiary/aromatic N) is 2. The second kappa shape index (κ2) is 8.44. The first-order valence-electron chi connectivity index (χ1n) is 8.07. The van der Waals surface area contributed by atoms with E-state index in [-0.39, 0.29) is 11.6 Å². The number of pyridine rings is 2. The van der Waals surface area contributed by atoms with E-state index in [0.29, 0.717) is 11.1 Å². The fourth-order valence-corrected chi connectivity index (χ4v) is 2.29. The Hall–Kier alpha value is -3.66. The molecule has 0 atom stereocenters. The second-order valence-electron chi connectivity index (χ2n) is 5.53. The lowest BCUT2D eigenvalue weighted by atomic mass is 10.1. The van der Waals surface area contributed by atoms with Crippen LogP contribution in [0.4, 0.5) is 0 Å².